The van der Waals surface area contributed by atoms with Crippen LogP contribution in [0.1, 0.15) is 0 Å². The third-order valence-corrected chi connectivity index (χ3v) is 6.54. The van der Waals surface area contributed by atoms with Gasteiger partial charge in [0.05, 0.1) is 17.1 Å². The van der Waals surface area contributed by atoms with Gasteiger partial charge in [0, 0.05) is 55.5 Å². The number of imidazole rings is 1. The number of rotatable bonds is 5. The standard InChI is InChI=1S/C28H26FN7/c1-34-16-18-35(19-17-34)23-11-9-22(10-12-23)31-28-30-14-13-24(32-28)27-26(20-5-7-21(29)8-6-20)33-25-4-2-3-15-36(25)27/h2-15H,16-19H2,1H3,(H,30,31,32). The van der Waals surface area contributed by atoms with Crippen molar-refractivity contribution in [3.63, 3.8) is 0 Å². The molecule has 2 aromatic carbocycles. The normalized spacial score (nSPS) is 14.3. The highest BCUT2D eigenvalue weighted by molar-refractivity contribution is 5.80. The Morgan fingerprint density at radius 2 is 1.61 bits per heavy atom. The summed E-state index contributed by atoms with van der Waals surface area (Å²) in [4.78, 5) is 18.8. The highest BCUT2D eigenvalue weighted by atomic mass is 19.1. The van der Waals surface area contributed by atoms with E-state index < -0.39 is 0 Å². The second kappa shape index (κ2) is 9.39. The van der Waals surface area contributed by atoms with Gasteiger partial charge < -0.3 is 15.1 Å². The Morgan fingerprint density at radius 3 is 2.39 bits per heavy atom. The fraction of sp³-hybridized carbons (Fsp3) is 0.179. The van der Waals surface area contributed by atoms with Gasteiger partial charge in [-0.1, -0.05) is 6.07 Å². The van der Waals surface area contributed by atoms with Crippen LogP contribution in [0.15, 0.2) is 85.2 Å². The SMILES string of the molecule is CN1CCN(c2ccc(Nc3nccc(-c4c(-c5ccc(F)cc5)nc5ccccn45)n3)cc2)CC1. The van der Waals surface area contributed by atoms with Crippen LogP contribution in [-0.2, 0) is 0 Å². The number of fused-ring (bicyclic) bond motifs is 1. The lowest BCUT2D eigenvalue weighted by atomic mass is 10.1. The van der Waals surface area contributed by atoms with Crippen molar-refractivity contribution < 1.29 is 4.39 Å². The van der Waals surface area contributed by atoms with Gasteiger partial charge in [-0.15, -0.1) is 0 Å². The molecule has 180 valence electrons. The molecular formula is C28H26FN7. The van der Waals surface area contributed by atoms with Crippen LogP contribution >= 0.6 is 0 Å². The predicted molar refractivity (Wildman–Crippen MR) is 141 cm³/mol. The number of nitrogens with zero attached hydrogens (tertiary/aromatic N) is 6. The van der Waals surface area contributed by atoms with E-state index in [0.717, 1.165) is 60.2 Å². The number of hydrogen-bond acceptors (Lipinski definition) is 6. The Bertz CT molecular complexity index is 1490. The Kier molecular flexibility index (Phi) is 5.79. The molecule has 0 radical (unpaired) electrons. The zero-order valence-corrected chi connectivity index (χ0v) is 20.0. The number of nitrogens with one attached hydrogen (secondary N) is 1. The van der Waals surface area contributed by atoms with E-state index in [1.54, 1.807) is 18.3 Å². The number of aromatic nitrogens is 4. The Balaban J connectivity index is 1.31. The molecule has 4 heterocycles. The maximum absolute atomic E-state index is 13.6. The Labute approximate surface area is 208 Å². The molecule has 6 rings (SSSR count). The predicted octanol–water partition coefficient (Wildman–Crippen LogP) is 5.09. The van der Waals surface area contributed by atoms with Crippen LogP contribution in [0.5, 0.6) is 0 Å². The van der Waals surface area contributed by atoms with Gasteiger partial charge in [-0.05, 0) is 73.8 Å². The molecule has 1 N–H and O–H groups in total. The number of benzene rings is 2. The first-order valence-electron chi connectivity index (χ1n) is 12.0. The molecule has 5 aromatic rings. The van der Waals surface area contributed by atoms with Crippen molar-refractivity contribution in [2.75, 3.05) is 43.4 Å². The van der Waals surface area contributed by atoms with Gasteiger partial charge in [0.15, 0.2) is 0 Å². The smallest absolute Gasteiger partial charge is 0.227 e. The maximum atomic E-state index is 13.6. The van der Waals surface area contributed by atoms with Gasteiger partial charge in [0.1, 0.15) is 11.5 Å². The van der Waals surface area contributed by atoms with Crippen molar-refractivity contribution in [1.29, 1.82) is 0 Å². The highest BCUT2D eigenvalue weighted by Crippen LogP contribution is 2.32. The minimum atomic E-state index is -0.281. The first-order valence-corrected chi connectivity index (χ1v) is 12.0. The van der Waals surface area contributed by atoms with E-state index in [2.05, 4.69) is 51.4 Å². The summed E-state index contributed by atoms with van der Waals surface area (Å²) in [6.07, 6.45) is 3.69. The monoisotopic (exact) mass is 479 g/mol. The summed E-state index contributed by atoms with van der Waals surface area (Å²) >= 11 is 0. The van der Waals surface area contributed by atoms with E-state index in [0.29, 0.717) is 5.95 Å². The van der Waals surface area contributed by atoms with Crippen LogP contribution in [0.2, 0.25) is 0 Å². The number of likely N-dealkylation sites (N-methyl/N-ethyl adjacent to an activating group) is 1. The summed E-state index contributed by atoms with van der Waals surface area (Å²) in [6.45, 7) is 4.21. The number of halogens is 1. The fourth-order valence-corrected chi connectivity index (χ4v) is 4.55. The number of piperazine rings is 1. The molecule has 3 aromatic heterocycles. The van der Waals surface area contributed by atoms with E-state index in [-0.39, 0.29) is 5.82 Å². The first kappa shape index (κ1) is 22.2. The molecule has 0 bridgehead atoms. The Hall–Kier alpha value is -4.30. The van der Waals surface area contributed by atoms with Gasteiger partial charge >= 0.3 is 0 Å². The van der Waals surface area contributed by atoms with Crippen molar-refractivity contribution in [2.24, 2.45) is 0 Å². The summed E-state index contributed by atoms with van der Waals surface area (Å²) < 4.78 is 15.6. The molecule has 1 fully saturated rings. The topological polar surface area (TPSA) is 61.6 Å². The van der Waals surface area contributed by atoms with Crippen LogP contribution < -0.4 is 10.2 Å². The lowest BCUT2D eigenvalue weighted by Gasteiger charge is -2.34. The summed E-state index contributed by atoms with van der Waals surface area (Å²) in [7, 11) is 2.16. The molecule has 8 heteroatoms. The minimum Gasteiger partial charge on any atom is -0.369 e. The second-order valence-electron chi connectivity index (χ2n) is 8.97. The van der Waals surface area contributed by atoms with E-state index >= 15 is 0 Å². The van der Waals surface area contributed by atoms with Gasteiger partial charge in [0.25, 0.3) is 0 Å². The van der Waals surface area contributed by atoms with Crippen LogP contribution in [0.4, 0.5) is 21.7 Å². The molecule has 1 aliphatic rings. The number of hydrogen-bond donors (Lipinski definition) is 1. The van der Waals surface area contributed by atoms with E-state index in [1.165, 1.54) is 17.8 Å². The van der Waals surface area contributed by atoms with Crippen molar-refractivity contribution in [3.8, 4) is 22.6 Å². The number of pyridine rings is 1. The molecule has 0 unspecified atom stereocenters. The van der Waals surface area contributed by atoms with Crippen LogP contribution in [0, 0.1) is 5.82 Å². The molecule has 7 nitrogen and oxygen atoms in total. The largest absolute Gasteiger partial charge is 0.369 e. The summed E-state index contributed by atoms with van der Waals surface area (Å²) in [5.41, 5.74) is 6.04. The van der Waals surface area contributed by atoms with Gasteiger partial charge in [0.2, 0.25) is 5.95 Å². The third-order valence-electron chi connectivity index (χ3n) is 6.54. The molecule has 0 amide bonds. The summed E-state index contributed by atoms with van der Waals surface area (Å²) in [5, 5.41) is 3.33. The molecule has 1 aliphatic heterocycles. The lowest BCUT2D eigenvalue weighted by Crippen LogP contribution is -2.44. The molecular weight excluding hydrogens is 453 g/mol. The third kappa shape index (κ3) is 4.38. The van der Waals surface area contributed by atoms with Gasteiger partial charge in [-0.25, -0.2) is 19.3 Å². The molecule has 1 saturated heterocycles. The quantitative estimate of drug-likeness (QED) is 0.379. The van der Waals surface area contributed by atoms with Gasteiger partial charge in [-0.2, -0.15) is 0 Å². The average Bonchev–Trinajstić information content (AvgIpc) is 3.30. The number of anilines is 3. The zero-order chi connectivity index (χ0) is 24.5. The summed E-state index contributed by atoms with van der Waals surface area (Å²) in [5.74, 6) is 0.215. The fourth-order valence-electron chi connectivity index (χ4n) is 4.55. The van der Waals surface area contributed by atoms with E-state index in [1.807, 2.05) is 34.9 Å². The van der Waals surface area contributed by atoms with E-state index in [9.17, 15) is 4.39 Å². The zero-order valence-electron chi connectivity index (χ0n) is 20.0. The lowest BCUT2D eigenvalue weighted by molar-refractivity contribution is 0.313. The van der Waals surface area contributed by atoms with Gasteiger partial charge in [-0.3, -0.25) is 4.40 Å². The molecule has 36 heavy (non-hydrogen) atoms. The van der Waals surface area contributed by atoms with Crippen LogP contribution in [0.25, 0.3) is 28.3 Å². The van der Waals surface area contributed by atoms with Crippen LogP contribution in [-0.4, -0.2) is 57.5 Å². The average molecular weight is 480 g/mol. The van der Waals surface area contributed by atoms with Crippen molar-refractivity contribution in [3.05, 3.63) is 91.0 Å². The molecule has 0 atom stereocenters. The summed E-state index contributed by atoms with van der Waals surface area (Å²) in [6, 6.07) is 22.5. The Morgan fingerprint density at radius 1 is 0.833 bits per heavy atom. The van der Waals surface area contributed by atoms with Crippen molar-refractivity contribution >= 4 is 23.0 Å². The molecule has 0 saturated carbocycles. The van der Waals surface area contributed by atoms with Crippen LogP contribution in [0.3, 0.4) is 0 Å². The molecule has 0 spiro atoms. The van der Waals surface area contributed by atoms with Crippen molar-refractivity contribution in [2.45, 2.75) is 0 Å². The second-order valence-corrected chi connectivity index (χ2v) is 8.97. The first-order chi connectivity index (χ1) is 17.6. The maximum Gasteiger partial charge on any atom is 0.227 e. The van der Waals surface area contributed by atoms with E-state index in [4.69, 9.17) is 9.97 Å². The minimum absolute atomic E-state index is 0.281. The molecule has 0 aliphatic carbocycles. The van der Waals surface area contributed by atoms with Crippen molar-refractivity contribution in [1.82, 2.24) is 24.3 Å². The highest BCUT2D eigenvalue weighted by Gasteiger charge is 2.18.